The normalized spacial score (nSPS) is 16.4. The van der Waals surface area contributed by atoms with E-state index in [2.05, 4.69) is 36.6 Å². The third-order valence-electron chi connectivity index (χ3n) is 0.830. The molecule has 4 heteroatoms. The second-order valence-electron chi connectivity index (χ2n) is 1.60. The Hall–Kier alpha value is 0.430. The lowest BCUT2D eigenvalue weighted by Crippen LogP contribution is -2.22. The van der Waals surface area contributed by atoms with Crippen LogP contribution in [0, 0.1) is 0 Å². The number of alkyl halides is 2. The van der Waals surface area contributed by atoms with E-state index in [0.717, 1.165) is 0 Å². The lowest BCUT2D eigenvalue weighted by Gasteiger charge is -2.07. The van der Waals surface area contributed by atoms with Crippen LogP contribution in [0.1, 0.15) is 6.92 Å². The molecule has 0 heterocycles. The van der Waals surface area contributed by atoms with Crippen LogP contribution < -0.4 is 0 Å². The SMILES string of the molecule is COC(=O)[C@@H](Br)[C@H](C)Br. The Balaban J connectivity index is 3.72. The van der Waals surface area contributed by atoms with E-state index < -0.39 is 0 Å². The molecule has 2 nitrogen and oxygen atoms in total. The number of esters is 1. The second-order valence-corrected chi connectivity index (χ2v) is 4.03. The maximum Gasteiger partial charge on any atom is 0.320 e. The van der Waals surface area contributed by atoms with E-state index in [1.165, 1.54) is 7.11 Å². The summed E-state index contributed by atoms with van der Waals surface area (Å²) >= 11 is 6.38. The largest absolute Gasteiger partial charge is 0.468 e. The van der Waals surface area contributed by atoms with Gasteiger partial charge in [0, 0.05) is 4.83 Å². The van der Waals surface area contributed by atoms with Crippen LogP contribution in [0.4, 0.5) is 0 Å². The standard InChI is InChI=1S/C5H8Br2O2/c1-3(6)4(7)5(8)9-2/h3-4H,1-2H3/t3-,4-/m0/s1. The van der Waals surface area contributed by atoms with Crippen molar-refractivity contribution in [3.63, 3.8) is 0 Å². The summed E-state index contributed by atoms with van der Waals surface area (Å²) in [6, 6.07) is 0. The van der Waals surface area contributed by atoms with Crippen molar-refractivity contribution in [2.75, 3.05) is 7.11 Å². The molecule has 0 aliphatic heterocycles. The topological polar surface area (TPSA) is 26.3 Å². The highest BCUT2D eigenvalue weighted by Gasteiger charge is 2.19. The molecule has 0 saturated heterocycles. The van der Waals surface area contributed by atoms with Gasteiger partial charge in [-0.15, -0.1) is 0 Å². The highest BCUT2D eigenvalue weighted by molar-refractivity contribution is 9.12. The molecule has 0 aliphatic carbocycles. The number of hydrogen-bond donors (Lipinski definition) is 0. The summed E-state index contributed by atoms with van der Waals surface area (Å²) in [4.78, 5) is 10.5. The number of hydrogen-bond acceptors (Lipinski definition) is 2. The van der Waals surface area contributed by atoms with Gasteiger partial charge in [0.25, 0.3) is 0 Å². The number of carbonyl (C=O) groups excluding carboxylic acids is 1. The summed E-state index contributed by atoms with van der Waals surface area (Å²) in [5.41, 5.74) is 0. The average Bonchev–Trinajstić information content (AvgIpc) is 1.84. The van der Waals surface area contributed by atoms with Crippen molar-refractivity contribution >= 4 is 37.8 Å². The zero-order chi connectivity index (χ0) is 7.44. The molecule has 9 heavy (non-hydrogen) atoms. The highest BCUT2D eigenvalue weighted by atomic mass is 79.9. The molecule has 0 saturated carbocycles. The molecule has 0 radical (unpaired) electrons. The van der Waals surface area contributed by atoms with E-state index in [9.17, 15) is 4.79 Å². The van der Waals surface area contributed by atoms with Crippen LogP contribution in [0.3, 0.4) is 0 Å². The lowest BCUT2D eigenvalue weighted by atomic mass is 10.3. The summed E-state index contributed by atoms with van der Waals surface area (Å²) in [6.07, 6.45) is 0. The quantitative estimate of drug-likeness (QED) is 0.558. The first-order chi connectivity index (χ1) is 4.09. The number of rotatable bonds is 2. The minimum atomic E-state index is -0.251. The first-order valence-corrected chi connectivity index (χ1v) is 4.28. The Morgan fingerprint density at radius 2 is 2.00 bits per heavy atom. The zero-order valence-corrected chi connectivity index (χ0v) is 8.40. The average molecular weight is 260 g/mol. The van der Waals surface area contributed by atoms with Gasteiger partial charge in [0.05, 0.1) is 7.11 Å². The van der Waals surface area contributed by atoms with Gasteiger partial charge >= 0.3 is 5.97 Å². The fourth-order valence-electron chi connectivity index (χ4n) is 0.300. The fraction of sp³-hybridized carbons (Fsp3) is 0.800. The summed E-state index contributed by atoms with van der Waals surface area (Å²) in [5.74, 6) is -0.251. The molecule has 0 aromatic rings. The molecule has 0 unspecified atom stereocenters. The van der Waals surface area contributed by atoms with Crippen LogP contribution >= 0.6 is 31.9 Å². The van der Waals surface area contributed by atoms with E-state index >= 15 is 0 Å². The summed E-state index contributed by atoms with van der Waals surface area (Å²) in [7, 11) is 1.37. The molecular weight excluding hydrogens is 252 g/mol. The van der Waals surface area contributed by atoms with Crippen molar-refractivity contribution in [1.29, 1.82) is 0 Å². The van der Waals surface area contributed by atoms with Crippen molar-refractivity contribution in [3.8, 4) is 0 Å². The maximum atomic E-state index is 10.7. The molecule has 0 rings (SSSR count). The lowest BCUT2D eigenvalue weighted by molar-refractivity contribution is -0.139. The third kappa shape index (κ3) is 3.20. The maximum absolute atomic E-state index is 10.7. The van der Waals surface area contributed by atoms with Crippen molar-refractivity contribution in [2.45, 2.75) is 16.6 Å². The van der Waals surface area contributed by atoms with Crippen LogP contribution in [0.15, 0.2) is 0 Å². The Kier molecular flexibility index (Phi) is 4.48. The Morgan fingerprint density at radius 1 is 1.56 bits per heavy atom. The third-order valence-corrected chi connectivity index (χ3v) is 3.23. The second kappa shape index (κ2) is 4.28. The summed E-state index contributed by atoms with van der Waals surface area (Å²) < 4.78 is 4.46. The smallest absolute Gasteiger partial charge is 0.320 e. The van der Waals surface area contributed by atoms with Gasteiger partial charge in [0.15, 0.2) is 0 Å². The Labute approximate surface area is 71.2 Å². The van der Waals surface area contributed by atoms with Crippen molar-refractivity contribution in [2.24, 2.45) is 0 Å². The van der Waals surface area contributed by atoms with Crippen molar-refractivity contribution in [3.05, 3.63) is 0 Å². The van der Waals surface area contributed by atoms with Crippen LogP contribution in [0.2, 0.25) is 0 Å². The zero-order valence-electron chi connectivity index (χ0n) is 5.23. The number of methoxy groups -OCH3 is 1. The van der Waals surface area contributed by atoms with E-state index in [4.69, 9.17) is 0 Å². The van der Waals surface area contributed by atoms with Crippen molar-refractivity contribution < 1.29 is 9.53 Å². The first kappa shape index (κ1) is 9.43. The minimum Gasteiger partial charge on any atom is -0.468 e. The van der Waals surface area contributed by atoms with E-state index in [0.29, 0.717) is 0 Å². The van der Waals surface area contributed by atoms with Gasteiger partial charge < -0.3 is 4.74 Å². The van der Waals surface area contributed by atoms with Gasteiger partial charge in [-0.25, -0.2) is 0 Å². The van der Waals surface area contributed by atoms with Crippen molar-refractivity contribution in [1.82, 2.24) is 0 Å². The molecule has 0 spiro atoms. The summed E-state index contributed by atoms with van der Waals surface area (Å²) in [5, 5.41) is 0. The van der Waals surface area contributed by atoms with Gasteiger partial charge in [0.1, 0.15) is 4.83 Å². The minimum absolute atomic E-state index is 0.102. The molecular formula is C5H8Br2O2. The predicted octanol–water partition coefficient (Wildman–Crippen LogP) is 1.71. The Bertz CT molecular complexity index is 103. The first-order valence-electron chi connectivity index (χ1n) is 2.45. The van der Waals surface area contributed by atoms with E-state index in [1.807, 2.05) is 6.92 Å². The van der Waals surface area contributed by atoms with Gasteiger partial charge in [-0.2, -0.15) is 0 Å². The number of carbonyl (C=O) groups is 1. The number of ether oxygens (including phenoxy) is 1. The molecule has 0 aromatic heterocycles. The number of halogens is 2. The van der Waals surface area contributed by atoms with E-state index in [1.54, 1.807) is 0 Å². The van der Waals surface area contributed by atoms with Crippen LogP contribution in [0.5, 0.6) is 0 Å². The molecule has 0 bridgehead atoms. The monoisotopic (exact) mass is 258 g/mol. The molecule has 2 atom stereocenters. The summed E-state index contributed by atoms with van der Waals surface area (Å²) in [6.45, 7) is 1.87. The molecule has 0 N–H and O–H groups in total. The Morgan fingerprint density at radius 3 is 2.11 bits per heavy atom. The van der Waals surface area contributed by atoms with Crippen LogP contribution in [0.25, 0.3) is 0 Å². The van der Waals surface area contributed by atoms with Gasteiger partial charge in [0.2, 0.25) is 0 Å². The molecule has 54 valence electrons. The molecule has 0 amide bonds. The van der Waals surface area contributed by atoms with Gasteiger partial charge in [-0.05, 0) is 0 Å². The van der Waals surface area contributed by atoms with Gasteiger partial charge in [-0.3, -0.25) is 4.79 Å². The van der Waals surface area contributed by atoms with Gasteiger partial charge in [-0.1, -0.05) is 38.8 Å². The van der Waals surface area contributed by atoms with Crippen LogP contribution in [-0.2, 0) is 9.53 Å². The predicted molar refractivity (Wildman–Crippen MR) is 43.1 cm³/mol. The molecule has 0 aliphatic rings. The molecule has 0 fully saturated rings. The highest BCUT2D eigenvalue weighted by Crippen LogP contribution is 2.14. The fourth-order valence-corrected chi connectivity index (χ4v) is 0.703. The van der Waals surface area contributed by atoms with E-state index in [-0.39, 0.29) is 15.6 Å². The molecule has 0 aromatic carbocycles. The van der Waals surface area contributed by atoms with Crippen LogP contribution in [-0.4, -0.2) is 22.7 Å².